The zero-order valence-corrected chi connectivity index (χ0v) is 8.31. The van der Waals surface area contributed by atoms with E-state index >= 15 is 0 Å². The van der Waals surface area contributed by atoms with Gasteiger partial charge in [0.2, 0.25) is 5.91 Å². The average molecular weight is 206 g/mol. The monoisotopic (exact) mass is 206 g/mol. The van der Waals surface area contributed by atoms with Crippen LogP contribution in [0.4, 0.5) is 0 Å². The first-order chi connectivity index (χ1) is 7.13. The molecule has 0 heterocycles. The molecule has 0 bridgehead atoms. The Bertz CT molecular complexity index is 404. The van der Waals surface area contributed by atoms with Gasteiger partial charge in [-0.05, 0) is 23.1 Å². The van der Waals surface area contributed by atoms with Crippen LogP contribution < -0.4 is 11.5 Å². The summed E-state index contributed by atoms with van der Waals surface area (Å²) in [5, 5.41) is 9.71. The lowest BCUT2D eigenvalue weighted by Gasteiger charge is -2.11. The standard InChI is InChI=1S/C11H14N2O2/c12-5-6-1-2-7-4-9(14)10(11(13)15)8(7)3-6/h1-3,9-10,14H,4-5,12H2,(H2,13,15)/t9-,10-/m1/s1. The number of aliphatic hydroxyl groups excluding tert-OH is 1. The van der Waals surface area contributed by atoms with Gasteiger partial charge in [0.05, 0.1) is 12.0 Å². The Morgan fingerprint density at radius 1 is 1.53 bits per heavy atom. The summed E-state index contributed by atoms with van der Waals surface area (Å²) < 4.78 is 0. The van der Waals surface area contributed by atoms with Crippen LogP contribution in [0.15, 0.2) is 18.2 Å². The Morgan fingerprint density at radius 3 is 2.87 bits per heavy atom. The Hall–Kier alpha value is -1.39. The molecule has 0 radical (unpaired) electrons. The predicted molar refractivity (Wildman–Crippen MR) is 56.0 cm³/mol. The quantitative estimate of drug-likeness (QED) is 0.616. The first-order valence-corrected chi connectivity index (χ1v) is 4.92. The highest BCUT2D eigenvalue weighted by Crippen LogP contribution is 2.33. The van der Waals surface area contributed by atoms with Gasteiger partial charge in [-0.1, -0.05) is 18.2 Å². The van der Waals surface area contributed by atoms with E-state index in [0.717, 1.165) is 16.7 Å². The molecule has 2 rings (SSSR count). The number of benzene rings is 1. The summed E-state index contributed by atoms with van der Waals surface area (Å²) in [6.07, 6.45) is -0.195. The van der Waals surface area contributed by atoms with Crippen molar-refractivity contribution in [2.45, 2.75) is 25.0 Å². The minimum absolute atomic E-state index is 0.425. The molecule has 2 atom stereocenters. The highest BCUT2D eigenvalue weighted by atomic mass is 16.3. The minimum Gasteiger partial charge on any atom is -0.392 e. The third-order valence-electron chi connectivity index (χ3n) is 2.90. The van der Waals surface area contributed by atoms with Crippen LogP contribution in [-0.4, -0.2) is 17.1 Å². The van der Waals surface area contributed by atoms with E-state index in [1.807, 2.05) is 18.2 Å². The van der Waals surface area contributed by atoms with E-state index < -0.39 is 17.9 Å². The van der Waals surface area contributed by atoms with Crippen molar-refractivity contribution in [2.24, 2.45) is 11.5 Å². The molecule has 1 aliphatic carbocycles. The molecular formula is C11H14N2O2. The van der Waals surface area contributed by atoms with E-state index in [1.54, 1.807) is 0 Å². The lowest BCUT2D eigenvalue weighted by molar-refractivity contribution is -0.121. The van der Waals surface area contributed by atoms with Crippen molar-refractivity contribution in [3.8, 4) is 0 Å². The molecule has 0 saturated carbocycles. The second-order valence-corrected chi connectivity index (χ2v) is 3.89. The molecule has 0 saturated heterocycles. The predicted octanol–water partition coefficient (Wildman–Crippen LogP) is -0.369. The maximum atomic E-state index is 11.2. The Morgan fingerprint density at radius 2 is 2.27 bits per heavy atom. The zero-order chi connectivity index (χ0) is 11.0. The molecule has 0 spiro atoms. The summed E-state index contributed by atoms with van der Waals surface area (Å²) in [7, 11) is 0. The van der Waals surface area contributed by atoms with Crippen LogP contribution in [-0.2, 0) is 17.8 Å². The van der Waals surface area contributed by atoms with Crippen molar-refractivity contribution in [3.63, 3.8) is 0 Å². The van der Waals surface area contributed by atoms with Crippen LogP contribution >= 0.6 is 0 Å². The molecule has 0 fully saturated rings. The smallest absolute Gasteiger partial charge is 0.227 e. The van der Waals surface area contributed by atoms with Crippen LogP contribution in [0.2, 0.25) is 0 Å². The van der Waals surface area contributed by atoms with Gasteiger partial charge in [0, 0.05) is 6.54 Å². The number of rotatable bonds is 2. The van der Waals surface area contributed by atoms with Gasteiger partial charge in [0.1, 0.15) is 0 Å². The van der Waals surface area contributed by atoms with Gasteiger partial charge in [0.15, 0.2) is 0 Å². The third kappa shape index (κ3) is 1.62. The van der Waals surface area contributed by atoms with Crippen molar-refractivity contribution in [1.82, 2.24) is 0 Å². The van der Waals surface area contributed by atoms with Gasteiger partial charge in [-0.3, -0.25) is 4.79 Å². The molecule has 1 aromatic carbocycles. The summed E-state index contributed by atoms with van der Waals surface area (Å²) in [6, 6.07) is 5.68. The van der Waals surface area contributed by atoms with Gasteiger partial charge in [-0.25, -0.2) is 0 Å². The normalized spacial score (nSPS) is 23.9. The zero-order valence-electron chi connectivity index (χ0n) is 8.31. The van der Waals surface area contributed by atoms with Gasteiger partial charge in [-0.15, -0.1) is 0 Å². The number of amides is 1. The van der Waals surface area contributed by atoms with Crippen LogP contribution in [0.1, 0.15) is 22.6 Å². The van der Waals surface area contributed by atoms with Crippen molar-refractivity contribution in [1.29, 1.82) is 0 Å². The fraction of sp³-hybridized carbons (Fsp3) is 0.364. The van der Waals surface area contributed by atoms with Crippen LogP contribution in [0.5, 0.6) is 0 Å². The average Bonchev–Trinajstić information content (AvgIpc) is 2.52. The number of nitrogens with two attached hydrogens (primary N) is 2. The second-order valence-electron chi connectivity index (χ2n) is 3.89. The highest BCUT2D eigenvalue weighted by molar-refractivity contribution is 5.84. The Balaban J connectivity index is 2.46. The Kier molecular flexibility index (Phi) is 2.46. The highest BCUT2D eigenvalue weighted by Gasteiger charge is 2.34. The number of hydrogen-bond acceptors (Lipinski definition) is 3. The van der Waals surface area contributed by atoms with Crippen molar-refractivity contribution in [2.75, 3.05) is 0 Å². The van der Waals surface area contributed by atoms with E-state index in [0.29, 0.717) is 13.0 Å². The number of primary amides is 1. The molecular weight excluding hydrogens is 192 g/mol. The summed E-state index contributed by atoms with van der Waals surface area (Å²) in [5.41, 5.74) is 13.6. The topological polar surface area (TPSA) is 89.3 Å². The minimum atomic E-state index is -0.689. The van der Waals surface area contributed by atoms with E-state index in [9.17, 15) is 9.90 Å². The molecule has 0 aliphatic heterocycles. The molecule has 15 heavy (non-hydrogen) atoms. The van der Waals surface area contributed by atoms with Gasteiger partial charge in [-0.2, -0.15) is 0 Å². The van der Waals surface area contributed by atoms with Gasteiger partial charge in [0.25, 0.3) is 0 Å². The van der Waals surface area contributed by atoms with Gasteiger partial charge < -0.3 is 16.6 Å². The number of hydrogen-bond donors (Lipinski definition) is 3. The molecule has 0 unspecified atom stereocenters. The fourth-order valence-electron chi connectivity index (χ4n) is 2.14. The van der Waals surface area contributed by atoms with E-state index in [1.165, 1.54) is 0 Å². The molecule has 4 heteroatoms. The number of carbonyl (C=O) groups excluding carboxylic acids is 1. The van der Waals surface area contributed by atoms with Crippen molar-refractivity contribution >= 4 is 5.91 Å². The maximum Gasteiger partial charge on any atom is 0.227 e. The molecule has 1 amide bonds. The van der Waals surface area contributed by atoms with Crippen LogP contribution in [0.25, 0.3) is 0 Å². The molecule has 1 aliphatic rings. The van der Waals surface area contributed by atoms with Crippen molar-refractivity contribution < 1.29 is 9.90 Å². The molecule has 5 N–H and O–H groups in total. The van der Waals surface area contributed by atoms with E-state index in [2.05, 4.69) is 0 Å². The summed E-state index contributed by atoms with van der Waals surface area (Å²) in [5.74, 6) is -1.05. The Labute approximate surface area is 87.9 Å². The van der Waals surface area contributed by atoms with E-state index in [4.69, 9.17) is 11.5 Å². The van der Waals surface area contributed by atoms with Crippen LogP contribution in [0.3, 0.4) is 0 Å². The number of carbonyl (C=O) groups is 1. The fourth-order valence-corrected chi connectivity index (χ4v) is 2.14. The third-order valence-corrected chi connectivity index (χ3v) is 2.90. The first-order valence-electron chi connectivity index (χ1n) is 4.92. The second kappa shape index (κ2) is 3.64. The lowest BCUT2D eigenvalue weighted by atomic mass is 9.97. The SMILES string of the molecule is NCc1ccc2c(c1)[C@@H](C(N)=O)[C@H](O)C2. The lowest BCUT2D eigenvalue weighted by Crippen LogP contribution is -2.28. The van der Waals surface area contributed by atoms with E-state index in [-0.39, 0.29) is 0 Å². The number of aliphatic hydroxyl groups is 1. The maximum absolute atomic E-state index is 11.2. The summed E-state index contributed by atoms with van der Waals surface area (Å²) in [6.45, 7) is 0.425. The molecule has 4 nitrogen and oxygen atoms in total. The van der Waals surface area contributed by atoms with Gasteiger partial charge >= 0.3 is 0 Å². The molecule has 1 aromatic rings. The number of fused-ring (bicyclic) bond motifs is 1. The molecule has 80 valence electrons. The summed E-state index contributed by atoms with van der Waals surface area (Å²) >= 11 is 0. The first kappa shape index (κ1) is 10.1. The summed E-state index contributed by atoms with van der Waals surface area (Å²) in [4.78, 5) is 11.2. The molecule has 0 aromatic heterocycles. The van der Waals surface area contributed by atoms with Crippen LogP contribution in [0, 0.1) is 0 Å². The largest absolute Gasteiger partial charge is 0.392 e. The van der Waals surface area contributed by atoms with Crippen molar-refractivity contribution in [3.05, 3.63) is 34.9 Å².